The number of benzene rings is 4. The number of carbonyl (C=O) groups excluding carboxylic acids is 2. The molecule has 0 bridgehead atoms. The predicted octanol–water partition coefficient (Wildman–Crippen LogP) is 8.41. The lowest BCUT2D eigenvalue weighted by molar-refractivity contribution is -0.118. The molecule has 4 aromatic carbocycles. The molecule has 1 saturated heterocycles. The Labute approximate surface area is 270 Å². The molecular formula is C35H32BrN3O4S. The first kappa shape index (κ1) is 31.1. The van der Waals surface area contributed by atoms with E-state index in [0.29, 0.717) is 37.3 Å². The molecule has 0 unspecified atom stereocenters. The topological polar surface area (TPSA) is 80.2 Å². The number of aryl methyl sites for hydroxylation is 2. The third-order valence-electron chi connectivity index (χ3n) is 6.96. The summed E-state index contributed by atoms with van der Waals surface area (Å²) >= 11 is 4.93. The number of ether oxygens (including phenoxy) is 2. The van der Waals surface area contributed by atoms with E-state index < -0.39 is 0 Å². The van der Waals surface area contributed by atoms with Crippen molar-refractivity contribution in [2.45, 2.75) is 26.7 Å². The van der Waals surface area contributed by atoms with E-state index in [2.05, 4.69) is 47.2 Å². The van der Waals surface area contributed by atoms with Crippen LogP contribution in [0, 0.1) is 0 Å². The summed E-state index contributed by atoms with van der Waals surface area (Å²) in [6.07, 6.45) is 3.66. The first-order chi connectivity index (χ1) is 21.4. The van der Waals surface area contributed by atoms with Crippen molar-refractivity contribution in [2.24, 2.45) is 4.99 Å². The quantitative estimate of drug-likeness (QED) is 0.172. The van der Waals surface area contributed by atoms with Gasteiger partial charge in [0, 0.05) is 10.2 Å². The molecule has 7 nitrogen and oxygen atoms in total. The molecule has 1 fully saturated rings. The zero-order valence-corrected chi connectivity index (χ0v) is 27.1. The summed E-state index contributed by atoms with van der Waals surface area (Å²) < 4.78 is 12.1. The van der Waals surface area contributed by atoms with Gasteiger partial charge in [0.2, 0.25) is 0 Å². The summed E-state index contributed by atoms with van der Waals surface area (Å²) in [7, 11) is 1.53. The Balaban J connectivity index is 1.42. The number of hydrogen-bond acceptors (Lipinski definition) is 6. The molecule has 1 heterocycles. The van der Waals surface area contributed by atoms with Crippen molar-refractivity contribution in [3.8, 4) is 11.5 Å². The minimum absolute atomic E-state index is 0.174. The van der Waals surface area contributed by atoms with Crippen LogP contribution in [0.25, 0.3) is 6.08 Å². The Morgan fingerprint density at radius 2 is 1.59 bits per heavy atom. The van der Waals surface area contributed by atoms with E-state index in [-0.39, 0.29) is 18.4 Å². The normalized spacial score (nSPS) is 14.7. The lowest BCUT2D eigenvalue weighted by atomic mass is 10.1. The SMILES string of the molecule is CCc1ccc(N=C2S/C(=C\c3cc(OC)c(OCC(=O)Nc4ccccc4)cc3Br)C(=O)N2c2ccc(CC)cc2)cc1. The van der Waals surface area contributed by atoms with Crippen molar-refractivity contribution in [2.75, 3.05) is 23.9 Å². The first-order valence-electron chi connectivity index (χ1n) is 14.2. The second kappa shape index (κ2) is 14.4. The second-order valence-electron chi connectivity index (χ2n) is 9.91. The highest BCUT2D eigenvalue weighted by Gasteiger charge is 2.35. The van der Waals surface area contributed by atoms with E-state index in [1.807, 2.05) is 60.7 Å². The number of anilines is 2. The number of amides is 2. The summed E-state index contributed by atoms with van der Waals surface area (Å²) in [5.41, 5.74) is 5.34. The molecular weight excluding hydrogens is 638 g/mol. The number of thioether (sulfide) groups is 1. The molecule has 0 saturated carbocycles. The highest BCUT2D eigenvalue weighted by molar-refractivity contribution is 9.10. The van der Waals surface area contributed by atoms with Crippen molar-refractivity contribution < 1.29 is 19.1 Å². The maximum Gasteiger partial charge on any atom is 0.271 e. The number of aliphatic imine (C=N–C) groups is 1. The third-order valence-corrected chi connectivity index (χ3v) is 8.62. The summed E-state index contributed by atoms with van der Waals surface area (Å²) in [5.74, 6) is 0.356. The zero-order valence-electron chi connectivity index (χ0n) is 24.7. The van der Waals surface area contributed by atoms with E-state index in [1.54, 1.807) is 29.2 Å². The van der Waals surface area contributed by atoms with Crippen LogP contribution in [-0.4, -0.2) is 30.7 Å². The lowest BCUT2D eigenvalue weighted by Gasteiger charge is -2.16. The molecule has 5 rings (SSSR count). The average Bonchev–Trinajstić information content (AvgIpc) is 3.35. The van der Waals surface area contributed by atoms with Crippen LogP contribution >= 0.6 is 27.7 Å². The van der Waals surface area contributed by atoms with Gasteiger partial charge < -0.3 is 14.8 Å². The van der Waals surface area contributed by atoms with Crippen molar-refractivity contribution in [1.29, 1.82) is 0 Å². The van der Waals surface area contributed by atoms with Gasteiger partial charge in [0.05, 0.1) is 23.4 Å². The lowest BCUT2D eigenvalue weighted by Crippen LogP contribution is -2.28. The van der Waals surface area contributed by atoms with Gasteiger partial charge in [0.1, 0.15) is 0 Å². The van der Waals surface area contributed by atoms with Crippen LogP contribution in [0.5, 0.6) is 11.5 Å². The van der Waals surface area contributed by atoms with Crippen molar-refractivity contribution in [1.82, 2.24) is 0 Å². The summed E-state index contributed by atoms with van der Waals surface area (Å²) in [6, 6.07) is 28.7. The Morgan fingerprint density at radius 1 is 0.932 bits per heavy atom. The number of para-hydroxylation sites is 1. The number of nitrogens with one attached hydrogen (secondary N) is 1. The van der Waals surface area contributed by atoms with Crippen LogP contribution in [0.4, 0.5) is 17.1 Å². The minimum atomic E-state index is -0.295. The van der Waals surface area contributed by atoms with E-state index >= 15 is 0 Å². The molecule has 0 aromatic heterocycles. The first-order valence-corrected chi connectivity index (χ1v) is 15.8. The monoisotopic (exact) mass is 669 g/mol. The molecule has 2 amide bonds. The number of methoxy groups -OCH3 is 1. The van der Waals surface area contributed by atoms with Crippen molar-refractivity contribution >= 4 is 67.8 Å². The Hall–Kier alpha value is -4.34. The molecule has 1 N–H and O–H groups in total. The fourth-order valence-electron chi connectivity index (χ4n) is 4.51. The number of amidine groups is 1. The molecule has 0 atom stereocenters. The molecule has 44 heavy (non-hydrogen) atoms. The van der Waals surface area contributed by atoms with Gasteiger partial charge in [-0.15, -0.1) is 0 Å². The number of hydrogen-bond donors (Lipinski definition) is 1. The predicted molar refractivity (Wildman–Crippen MR) is 183 cm³/mol. The summed E-state index contributed by atoms with van der Waals surface area (Å²) in [5, 5.41) is 3.37. The third kappa shape index (κ3) is 7.41. The smallest absolute Gasteiger partial charge is 0.271 e. The van der Waals surface area contributed by atoms with Gasteiger partial charge in [-0.05, 0) is 95.9 Å². The highest BCUT2D eigenvalue weighted by atomic mass is 79.9. The largest absolute Gasteiger partial charge is 0.493 e. The second-order valence-corrected chi connectivity index (χ2v) is 11.8. The summed E-state index contributed by atoms with van der Waals surface area (Å²) in [4.78, 5) is 33.3. The van der Waals surface area contributed by atoms with Gasteiger partial charge in [-0.3, -0.25) is 14.5 Å². The Bertz CT molecular complexity index is 1700. The van der Waals surface area contributed by atoms with E-state index in [9.17, 15) is 9.59 Å². The van der Waals surface area contributed by atoms with Crippen LogP contribution in [0.3, 0.4) is 0 Å². The standard InChI is InChI=1S/C35H32BrN3O4S/c1-4-23-11-15-27(16-12-23)38-35-39(28-17-13-24(5-2)14-18-28)34(41)32(44-35)20-25-19-30(42-3)31(21-29(25)36)43-22-33(40)37-26-9-7-6-8-10-26/h6-21H,4-5,22H2,1-3H3,(H,37,40)/b32-20-,38-35?. The summed E-state index contributed by atoms with van der Waals surface area (Å²) in [6.45, 7) is 4.01. The molecule has 1 aliphatic rings. The van der Waals surface area contributed by atoms with Crippen LogP contribution in [-0.2, 0) is 22.4 Å². The van der Waals surface area contributed by atoms with Crippen molar-refractivity contribution in [3.05, 3.63) is 117 Å². The van der Waals surface area contributed by atoms with E-state index in [4.69, 9.17) is 14.5 Å². The van der Waals surface area contributed by atoms with Crippen LogP contribution in [0.1, 0.15) is 30.5 Å². The minimum Gasteiger partial charge on any atom is -0.493 e. The van der Waals surface area contributed by atoms with Gasteiger partial charge in [-0.25, -0.2) is 4.99 Å². The molecule has 0 spiro atoms. The maximum absolute atomic E-state index is 13.9. The van der Waals surface area contributed by atoms with Crippen LogP contribution in [0.15, 0.2) is 105 Å². The van der Waals surface area contributed by atoms with E-state index in [1.165, 1.54) is 30.0 Å². The Morgan fingerprint density at radius 3 is 2.23 bits per heavy atom. The average molecular weight is 671 g/mol. The van der Waals surface area contributed by atoms with Gasteiger partial charge in [0.25, 0.3) is 11.8 Å². The van der Waals surface area contributed by atoms with Gasteiger partial charge in [-0.1, -0.05) is 72.2 Å². The molecule has 4 aromatic rings. The Kier molecular flexibility index (Phi) is 10.2. The number of nitrogens with zero attached hydrogens (tertiary/aromatic N) is 2. The van der Waals surface area contributed by atoms with Crippen LogP contribution in [0.2, 0.25) is 0 Å². The van der Waals surface area contributed by atoms with Crippen molar-refractivity contribution in [3.63, 3.8) is 0 Å². The fraction of sp³-hybridized carbons (Fsp3) is 0.171. The molecule has 0 aliphatic carbocycles. The molecule has 0 radical (unpaired) electrons. The zero-order chi connectivity index (χ0) is 31.1. The molecule has 1 aliphatic heterocycles. The molecule has 9 heteroatoms. The number of halogens is 1. The molecule has 224 valence electrons. The van der Waals surface area contributed by atoms with E-state index in [0.717, 1.165) is 24.2 Å². The maximum atomic E-state index is 13.9. The van der Waals surface area contributed by atoms with Gasteiger partial charge in [0.15, 0.2) is 23.3 Å². The fourth-order valence-corrected chi connectivity index (χ4v) is 5.94. The van der Waals surface area contributed by atoms with Gasteiger partial charge >= 0.3 is 0 Å². The number of rotatable bonds is 10. The highest BCUT2D eigenvalue weighted by Crippen LogP contribution is 2.40. The van der Waals surface area contributed by atoms with Crippen LogP contribution < -0.4 is 19.7 Å². The van der Waals surface area contributed by atoms with Gasteiger partial charge in [-0.2, -0.15) is 0 Å². The number of carbonyl (C=O) groups is 2.